The van der Waals surface area contributed by atoms with Crippen molar-refractivity contribution in [2.45, 2.75) is 44.9 Å². The zero-order valence-corrected chi connectivity index (χ0v) is 10.6. The normalized spacial score (nSPS) is 35.2. The zero-order chi connectivity index (χ0) is 9.14. The Labute approximate surface area is 112 Å². The van der Waals surface area contributed by atoms with Crippen molar-refractivity contribution >= 4 is 44.0 Å². The van der Waals surface area contributed by atoms with Gasteiger partial charge in [0, 0.05) is 6.04 Å². The fraction of sp³-hybridized carbons (Fsp3) is 0.889. The van der Waals surface area contributed by atoms with Gasteiger partial charge < -0.3 is 18.1 Å². The van der Waals surface area contributed by atoms with Gasteiger partial charge >= 0.3 is 37.7 Å². The number of aldehydes is 1. The van der Waals surface area contributed by atoms with Crippen molar-refractivity contribution in [3.8, 4) is 0 Å². The summed E-state index contributed by atoms with van der Waals surface area (Å²) >= 11 is 0. The minimum absolute atomic E-state index is 0. The van der Waals surface area contributed by atoms with E-state index in [1.807, 2.05) is 0 Å². The molecule has 2 N–H and O–H groups in total. The molecule has 4 heteroatoms. The summed E-state index contributed by atoms with van der Waals surface area (Å²) in [7, 11) is 0. The van der Waals surface area contributed by atoms with E-state index in [0.29, 0.717) is 12.3 Å². The van der Waals surface area contributed by atoms with E-state index in [1.54, 1.807) is 0 Å². The van der Waals surface area contributed by atoms with Crippen molar-refractivity contribution < 1.29 is 12.8 Å². The molecule has 3 nitrogen and oxygen atoms in total. The molecule has 0 radical (unpaired) electrons. The second-order valence-electron chi connectivity index (χ2n) is 3.62. The first-order chi connectivity index (χ1) is 5.69. The maximum atomic E-state index is 10.4. The third kappa shape index (κ3) is 3.48. The van der Waals surface area contributed by atoms with Crippen molar-refractivity contribution in [1.82, 2.24) is 5.32 Å². The molecule has 1 aliphatic rings. The Balaban J connectivity index is -0.000000480. The molecule has 1 saturated heterocycles. The average molecular weight is 213 g/mol. The molecule has 0 aromatic carbocycles. The Morgan fingerprint density at radius 2 is 2.38 bits per heavy atom. The first-order valence-electron chi connectivity index (χ1n) is 4.58. The van der Waals surface area contributed by atoms with Gasteiger partial charge in [-0.15, -0.1) is 0 Å². The third-order valence-corrected chi connectivity index (χ3v) is 2.74. The molecule has 4 atom stereocenters. The maximum Gasteiger partial charge on any atom is 2.00 e. The van der Waals surface area contributed by atoms with Gasteiger partial charge in [-0.05, 0) is 12.3 Å². The first-order valence-corrected chi connectivity index (χ1v) is 4.58. The summed E-state index contributed by atoms with van der Waals surface area (Å²) < 4.78 is 0. The molecule has 13 heavy (non-hydrogen) atoms. The molecule has 0 bridgehead atoms. The number of carbonyl (C=O) groups excluding carboxylic acids is 1. The topological polar surface area (TPSA) is 49.3 Å². The van der Waals surface area contributed by atoms with E-state index in [1.165, 1.54) is 0 Å². The molecule has 74 valence electrons. The molecule has 4 unspecified atom stereocenters. The van der Waals surface area contributed by atoms with E-state index in [0.717, 1.165) is 12.7 Å². The van der Waals surface area contributed by atoms with Crippen LogP contribution in [0.4, 0.5) is 0 Å². The summed E-state index contributed by atoms with van der Waals surface area (Å²) in [4.78, 5) is 10.4. The molecule has 0 aromatic rings. The predicted molar refractivity (Wildman–Crippen MR) is 54.8 cm³/mol. The molecular formula is C9H19CaNO2. The molecule has 0 aromatic heterocycles. The van der Waals surface area contributed by atoms with Gasteiger partial charge in [-0.1, -0.05) is 20.3 Å². The fourth-order valence-corrected chi connectivity index (χ4v) is 1.73. The van der Waals surface area contributed by atoms with Crippen molar-refractivity contribution in [1.29, 1.82) is 0 Å². The first kappa shape index (κ1) is 13.8. The number of nitrogens with one attached hydrogen (secondary N) is 1. The number of aliphatic hydroxyl groups excluding tert-OH is 1. The van der Waals surface area contributed by atoms with E-state index in [-0.39, 0.29) is 58.8 Å². The van der Waals surface area contributed by atoms with Gasteiger partial charge in [-0.25, -0.2) is 0 Å². The van der Waals surface area contributed by atoms with Crippen LogP contribution in [0.5, 0.6) is 0 Å². The van der Waals surface area contributed by atoms with Crippen molar-refractivity contribution in [3.05, 3.63) is 0 Å². The van der Waals surface area contributed by atoms with Crippen LogP contribution in [-0.4, -0.2) is 67.3 Å². The second-order valence-corrected chi connectivity index (χ2v) is 3.62. The van der Waals surface area contributed by atoms with Crippen LogP contribution in [0.25, 0.3) is 0 Å². The van der Waals surface area contributed by atoms with E-state index in [2.05, 4.69) is 19.2 Å². The zero-order valence-electron chi connectivity index (χ0n) is 10.4. The average Bonchev–Trinajstić information content (AvgIpc) is 2.45. The Morgan fingerprint density at radius 1 is 1.77 bits per heavy atom. The van der Waals surface area contributed by atoms with E-state index in [9.17, 15) is 9.90 Å². The third-order valence-electron chi connectivity index (χ3n) is 2.74. The summed E-state index contributed by atoms with van der Waals surface area (Å²) in [6.45, 7) is 4.18. The largest absolute Gasteiger partial charge is 2.00 e. The van der Waals surface area contributed by atoms with Gasteiger partial charge in [0.25, 0.3) is 0 Å². The van der Waals surface area contributed by atoms with Crippen LogP contribution < -0.4 is 5.32 Å². The smallest absolute Gasteiger partial charge is 1.00 e. The van der Waals surface area contributed by atoms with Gasteiger partial charge in [0.1, 0.15) is 6.29 Å². The maximum absolute atomic E-state index is 10.4. The molecular weight excluding hydrogens is 194 g/mol. The summed E-state index contributed by atoms with van der Waals surface area (Å²) in [6.07, 6.45) is 2.12. The monoisotopic (exact) mass is 213 g/mol. The number of rotatable bonds is 3. The van der Waals surface area contributed by atoms with Gasteiger partial charge in [0.15, 0.2) is 0 Å². The predicted octanol–water partition coefficient (Wildman–Crippen LogP) is 0.167. The Kier molecular flexibility index (Phi) is 6.77. The summed E-state index contributed by atoms with van der Waals surface area (Å²) in [5.41, 5.74) is 0. The van der Waals surface area contributed by atoms with Crippen LogP contribution in [0.1, 0.15) is 29.5 Å². The number of aliphatic hydroxyl groups is 1. The molecule has 1 rings (SSSR count). The molecule has 1 heterocycles. The van der Waals surface area contributed by atoms with Crippen LogP contribution in [-0.2, 0) is 4.79 Å². The van der Waals surface area contributed by atoms with Crippen molar-refractivity contribution in [2.75, 3.05) is 0 Å². The van der Waals surface area contributed by atoms with Crippen LogP contribution in [0, 0.1) is 5.92 Å². The second kappa shape index (κ2) is 6.36. The Morgan fingerprint density at radius 3 is 2.77 bits per heavy atom. The molecule has 0 aliphatic carbocycles. The molecule has 1 aliphatic heterocycles. The van der Waals surface area contributed by atoms with Crippen LogP contribution >= 0.6 is 0 Å². The minimum Gasteiger partial charge on any atom is -1.00 e. The minimum atomic E-state index is -0.352. The summed E-state index contributed by atoms with van der Waals surface area (Å²) in [5, 5.41) is 12.7. The molecule has 0 saturated carbocycles. The number of hydrogen-bond acceptors (Lipinski definition) is 3. The molecule has 1 fully saturated rings. The van der Waals surface area contributed by atoms with E-state index in [4.69, 9.17) is 0 Å². The van der Waals surface area contributed by atoms with Crippen LogP contribution in [0.2, 0.25) is 0 Å². The summed E-state index contributed by atoms with van der Waals surface area (Å²) in [6, 6.07) is -0.0378. The quantitative estimate of drug-likeness (QED) is 0.519. The standard InChI is InChI=1S/C9H17NO2.Ca.2H/c1-3-6(2)9-8(12)4-7(5-11)10-9;;;/h5-10,12H,3-4H2,1-2H3;;;/q;+2;2*-1. The van der Waals surface area contributed by atoms with Gasteiger partial charge in [0.05, 0.1) is 12.1 Å². The Bertz CT molecular complexity index is 174. The van der Waals surface area contributed by atoms with Gasteiger partial charge in [0.2, 0.25) is 0 Å². The fourth-order valence-electron chi connectivity index (χ4n) is 1.73. The SMILES string of the molecule is CCC(C)C1NC(C=O)CC1O.[Ca+2].[H-].[H-]. The van der Waals surface area contributed by atoms with Gasteiger partial charge in [-0.2, -0.15) is 0 Å². The van der Waals surface area contributed by atoms with Crippen LogP contribution in [0.15, 0.2) is 0 Å². The summed E-state index contributed by atoms with van der Waals surface area (Å²) in [5.74, 6) is 0.435. The van der Waals surface area contributed by atoms with E-state index < -0.39 is 0 Å². The van der Waals surface area contributed by atoms with E-state index >= 15 is 0 Å². The number of hydrogen-bond donors (Lipinski definition) is 2. The number of carbonyl (C=O) groups is 1. The molecule has 0 amide bonds. The molecule has 0 spiro atoms. The Hall–Kier alpha value is 0.850. The van der Waals surface area contributed by atoms with Crippen molar-refractivity contribution in [2.24, 2.45) is 5.92 Å². The van der Waals surface area contributed by atoms with Crippen LogP contribution in [0.3, 0.4) is 0 Å². The van der Waals surface area contributed by atoms with Crippen molar-refractivity contribution in [3.63, 3.8) is 0 Å². The van der Waals surface area contributed by atoms with Gasteiger partial charge in [-0.3, -0.25) is 0 Å².